The Morgan fingerprint density at radius 3 is 2.02 bits per heavy atom. The number of nitrogens with zero attached hydrogens (tertiary/aromatic N) is 3. The van der Waals surface area contributed by atoms with Crippen molar-refractivity contribution in [2.24, 2.45) is 15.3 Å². The molecule has 0 heterocycles. The van der Waals surface area contributed by atoms with Crippen LogP contribution >= 0.6 is 46.4 Å². The number of aliphatic hydroxyl groups is 1. The maximum absolute atomic E-state index is 13.4. The fraction of sp³-hybridized carbons (Fsp3) is 0.182. The molecule has 0 atom stereocenters. The molecule has 0 aromatic heterocycles. The van der Waals surface area contributed by atoms with E-state index < -0.39 is 23.4 Å². The highest BCUT2D eigenvalue weighted by Gasteiger charge is 2.18. The van der Waals surface area contributed by atoms with Gasteiger partial charge in [-0.3, -0.25) is 35.0 Å². The molecule has 6 N–H and O–H groups in total. The minimum Gasteiger partial charge on any atom is -0.510 e. The number of halogens is 4. The number of aryl methyl sites for hydroxylation is 4. The number of hydrogen-bond donors (Lipinski definition) is 6. The van der Waals surface area contributed by atoms with Gasteiger partial charge in [0.15, 0.2) is 11.5 Å². The first kappa shape index (κ1) is 47.1. The third-order valence-corrected chi connectivity index (χ3v) is 10.2. The van der Waals surface area contributed by atoms with Crippen LogP contribution in [0.4, 0.5) is 28.4 Å². The fourth-order valence-electron chi connectivity index (χ4n) is 5.51. The number of allylic oxidation sites excluding steroid dienone is 1. The van der Waals surface area contributed by atoms with Gasteiger partial charge in [-0.25, -0.2) is 5.48 Å². The van der Waals surface area contributed by atoms with Crippen molar-refractivity contribution in [3.8, 4) is 0 Å². The predicted molar refractivity (Wildman–Crippen MR) is 246 cm³/mol. The zero-order valence-corrected chi connectivity index (χ0v) is 37.4. The molecule has 62 heavy (non-hydrogen) atoms. The van der Waals surface area contributed by atoms with Gasteiger partial charge in [-0.05, 0) is 129 Å². The summed E-state index contributed by atoms with van der Waals surface area (Å²) in [6.07, 6.45) is 0. The summed E-state index contributed by atoms with van der Waals surface area (Å²) in [5.74, 6) is -2.13. The molecular formula is C44H42Cl4N8O6. The maximum Gasteiger partial charge on any atom is 0.279 e. The molecule has 18 heteroatoms. The molecule has 2 amide bonds. The molecule has 0 aliphatic heterocycles. The largest absolute Gasteiger partial charge is 0.510 e. The highest BCUT2D eigenvalue weighted by molar-refractivity contribution is 6.38. The van der Waals surface area contributed by atoms with Crippen LogP contribution in [0.5, 0.6) is 0 Å². The number of nitrogens with one attached hydrogen (secondary N) is 5. The summed E-state index contributed by atoms with van der Waals surface area (Å²) in [5, 5.41) is 29.8. The van der Waals surface area contributed by atoms with Gasteiger partial charge < -0.3 is 15.7 Å². The summed E-state index contributed by atoms with van der Waals surface area (Å²) in [4.78, 5) is 50.2. The van der Waals surface area contributed by atoms with Gasteiger partial charge in [-0.1, -0.05) is 70.7 Å². The first-order chi connectivity index (χ1) is 29.5. The van der Waals surface area contributed by atoms with Crippen molar-refractivity contribution in [1.29, 1.82) is 0 Å². The molecule has 14 nitrogen and oxygen atoms in total. The number of rotatable bonds is 16. The van der Waals surface area contributed by atoms with Crippen LogP contribution in [-0.2, 0) is 32.5 Å². The Hall–Kier alpha value is -6.00. The van der Waals surface area contributed by atoms with E-state index in [0.717, 1.165) is 33.5 Å². The Labute approximate surface area is 378 Å². The van der Waals surface area contributed by atoms with Gasteiger partial charge >= 0.3 is 0 Å². The number of amides is 2. The number of aliphatic hydroxyl groups excluding tert-OH is 1. The van der Waals surface area contributed by atoms with E-state index in [9.17, 15) is 19.5 Å². The molecule has 0 aliphatic carbocycles. The zero-order valence-electron chi connectivity index (χ0n) is 34.3. The van der Waals surface area contributed by atoms with Crippen LogP contribution in [0.15, 0.2) is 112 Å². The second-order valence-electron chi connectivity index (χ2n) is 13.9. The Bertz CT molecular complexity index is 2610. The number of Topliss-reactive ketones (excluding diaryl/α,β-unsaturated/α-hetero) is 1. The van der Waals surface area contributed by atoms with E-state index in [2.05, 4.69) is 42.3 Å². The monoisotopic (exact) mass is 918 g/mol. The number of hydrogen-bond acceptors (Lipinski definition) is 11. The van der Waals surface area contributed by atoms with E-state index in [0.29, 0.717) is 37.7 Å². The number of amidine groups is 1. The topological polar surface area (TPSA) is 187 Å². The van der Waals surface area contributed by atoms with Crippen molar-refractivity contribution in [1.82, 2.24) is 5.48 Å². The summed E-state index contributed by atoms with van der Waals surface area (Å²) < 4.78 is 0. The average molecular weight is 921 g/mol. The van der Waals surface area contributed by atoms with Crippen molar-refractivity contribution < 1.29 is 29.2 Å². The van der Waals surface area contributed by atoms with Gasteiger partial charge in [-0.2, -0.15) is 5.10 Å². The number of carbonyl (C=O) groups excluding carboxylic acids is 3. The number of hydrazone groups is 1. The molecule has 5 aromatic rings. The second-order valence-corrected chi connectivity index (χ2v) is 15.6. The lowest BCUT2D eigenvalue weighted by Crippen LogP contribution is -2.30. The number of anilines is 4. The van der Waals surface area contributed by atoms with Gasteiger partial charge in [0.1, 0.15) is 11.4 Å². The van der Waals surface area contributed by atoms with Crippen LogP contribution in [-0.4, -0.2) is 28.5 Å². The highest BCUT2D eigenvalue weighted by Crippen LogP contribution is 2.30. The SMILES string of the molecule is CC(=O)/C(=N/Nc1cc(CONc2cc(Cl)ccc2C)ccc1Cl)NOCc1cc(C)c(NC(=O)/C(N=Nc2cc(C(=O)Nc3cc(Cl)ccc3C)ccc2Cl)=C(/C)O)cc1C. The van der Waals surface area contributed by atoms with Crippen molar-refractivity contribution in [3.63, 3.8) is 0 Å². The number of benzene rings is 5. The molecule has 0 saturated carbocycles. The lowest BCUT2D eigenvalue weighted by molar-refractivity contribution is -0.113. The molecule has 322 valence electrons. The molecule has 0 radical (unpaired) electrons. The van der Waals surface area contributed by atoms with Crippen molar-refractivity contribution in [3.05, 3.63) is 155 Å². The quantitative estimate of drug-likeness (QED) is 0.0140. The Kier molecular flexibility index (Phi) is 16.5. The zero-order chi connectivity index (χ0) is 45.1. The second kappa shape index (κ2) is 21.7. The van der Waals surface area contributed by atoms with Gasteiger partial charge in [0.25, 0.3) is 11.8 Å². The van der Waals surface area contributed by atoms with Crippen molar-refractivity contribution in [2.75, 3.05) is 21.5 Å². The third-order valence-electron chi connectivity index (χ3n) is 9.07. The van der Waals surface area contributed by atoms with Gasteiger partial charge in [0.05, 0.1) is 34.6 Å². The average Bonchev–Trinajstić information content (AvgIpc) is 3.21. The summed E-state index contributed by atoms with van der Waals surface area (Å²) in [6, 6.07) is 23.7. The molecule has 0 saturated heterocycles. The number of azo groups is 1. The van der Waals surface area contributed by atoms with E-state index in [1.807, 2.05) is 26.8 Å². The van der Waals surface area contributed by atoms with E-state index >= 15 is 0 Å². The smallest absolute Gasteiger partial charge is 0.279 e. The van der Waals surface area contributed by atoms with Crippen LogP contribution < -0.4 is 27.0 Å². The predicted octanol–water partition coefficient (Wildman–Crippen LogP) is 11.9. The molecule has 0 spiro atoms. The highest BCUT2D eigenvalue weighted by atomic mass is 35.5. The number of ketones is 1. The number of carbonyl (C=O) groups is 3. The summed E-state index contributed by atoms with van der Waals surface area (Å²) in [7, 11) is 0. The van der Waals surface area contributed by atoms with Gasteiger partial charge in [0, 0.05) is 33.9 Å². The van der Waals surface area contributed by atoms with Crippen molar-refractivity contribution >= 4 is 98.3 Å². The van der Waals surface area contributed by atoms with E-state index in [-0.39, 0.29) is 41.0 Å². The molecule has 5 rings (SSSR count). The van der Waals surface area contributed by atoms with Crippen molar-refractivity contribution in [2.45, 2.75) is 54.8 Å². The Morgan fingerprint density at radius 1 is 0.661 bits per heavy atom. The minimum absolute atomic E-state index is 0.0194. The molecule has 5 aromatic carbocycles. The Morgan fingerprint density at radius 2 is 1.32 bits per heavy atom. The first-order valence-electron chi connectivity index (χ1n) is 18.7. The maximum atomic E-state index is 13.4. The van der Waals surface area contributed by atoms with E-state index in [1.54, 1.807) is 67.6 Å². The summed E-state index contributed by atoms with van der Waals surface area (Å²) in [6.45, 7) is 10.2. The van der Waals surface area contributed by atoms with E-state index in [1.165, 1.54) is 32.0 Å². The van der Waals surface area contributed by atoms with Gasteiger partial charge in [-0.15, -0.1) is 10.2 Å². The normalized spacial score (nSPS) is 11.9. The fourth-order valence-corrected chi connectivity index (χ4v) is 6.17. The summed E-state index contributed by atoms with van der Waals surface area (Å²) >= 11 is 24.9. The van der Waals surface area contributed by atoms with Crippen LogP contribution in [0.2, 0.25) is 20.1 Å². The first-order valence-corrected chi connectivity index (χ1v) is 20.2. The van der Waals surface area contributed by atoms with Gasteiger partial charge in [0.2, 0.25) is 5.84 Å². The van der Waals surface area contributed by atoms with Crippen LogP contribution in [0.25, 0.3) is 0 Å². The molecule has 0 aliphatic rings. The molecular weight excluding hydrogens is 878 g/mol. The lowest BCUT2D eigenvalue weighted by atomic mass is 10.0. The van der Waals surface area contributed by atoms with Crippen LogP contribution in [0.3, 0.4) is 0 Å². The minimum atomic E-state index is -0.749. The Balaban J connectivity index is 1.19. The molecule has 0 unspecified atom stereocenters. The van der Waals surface area contributed by atoms with Crippen LogP contribution in [0.1, 0.15) is 57.6 Å². The lowest BCUT2D eigenvalue weighted by Gasteiger charge is -2.15. The summed E-state index contributed by atoms with van der Waals surface area (Å²) in [5.41, 5.74) is 15.0. The van der Waals surface area contributed by atoms with E-state index in [4.69, 9.17) is 56.1 Å². The standard InChI is InChI=1S/C44H42Cl4N8O6/c1-23-7-11-32(45)19-37(23)49-43(59)30-10-14-35(48)40(18-30)51-53-41(27(5)57)44(60)50-36-16-25(3)31(15-26(36)4)22-62-56-42(28(6)58)54-52-39-17-29(9-13-34(39)47)21-61-55-38-20-33(46)12-8-24(38)2/h7-20,52,55,57H,21-22H2,1-6H3,(H,49,59)(H,50,60)(H,54,56)/b41-27+,53-51?. The number of hydroxylamine groups is 1. The van der Waals surface area contributed by atoms with Crippen LogP contribution in [0, 0.1) is 27.7 Å². The molecule has 0 fully saturated rings. The third kappa shape index (κ3) is 13.0. The molecule has 0 bridgehead atoms.